The van der Waals surface area contributed by atoms with Crippen LogP contribution in [0.25, 0.3) is 0 Å². The molecule has 1 N–H and O–H groups in total. The van der Waals surface area contributed by atoms with Crippen molar-refractivity contribution in [1.29, 1.82) is 0 Å². The summed E-state index contributed by atoms with van der Waals surface area (Å²) >= 11 is 0. The third-order valence-electron chi connectivity index (χ3n) is 2.56. The normalized spacial score (nSPS) is 12.6. The number of nitrogens with one attached hydrogen (secondary N) is 1. The van der Waals surface area contributed by atoms with Crippen LogP contribution in [0.15, 0.2) is 0 Å². The van der Waals surface area contributed by atoms with Crippen molar-refractivity contribution >= 4 is 10.0 Å². The van der Waals surface area contributed by atoms with E-state index in [4.69, 9.17) is 0 Å². The summed E-state index contributed by atoms with van der Waals surface area (Å²) in [6, 6.07) is 0. The zero-order chi connectivity index (χ0) is 13.3. The summed E-state index contributed by atoms with van der Waals surface area (Å²) in [5, 5.41) is 3.13. The van der Waals surface area contributed by atoms with E-state index in [1.54, 1.807) is 7.05 Å². The molecule has 0 atom stereocenters. The molecule has 0 saturated carbocycles. The van der Waals surface area contributed by atoms with Gasteiger partial charge in [-0.1, -0.05) is 6.92 Å². The average molecular weight is 265 g/mol. The van der Waals surface area contributed by atoms with Crippen molar-refractivity contribution in [2.45, 2.75) is 19.8 Å². The van der Waals surface area contributed by atoms with Gasteiger partial charge in [-0.15, -0.1) is 0 Å². The minimum Gasteiger partial charge on any atom is -0.317 e. The van der Waals surface area contributed by atoms with Crippen LogP contribution in [0.2, 0.25) is 0 Å². The van der Waals surface area contributed by atoms with Gasteiger partial charge in [0.1, 0.15) is 0 Å². The first-order valence-electron chi connectivity index (χ1n) is 6.19. The summed E-state index contributed by atoms with van der Waals surface area (Å²) in [4.78, 5) is 2.06. The third-order valence-corrected chi connectivity index (χ3v) is 4.50. The molecule has 0 aromatic heterocycles. The molecule has 6 heteroatoms. The van der Waals surface area contributed by atoms with Gasteiger partial charge in [-0.3, -0.25) is 0 Å². The first-order valence-corrected chi connectivity index (χ1v) is 7.80. The molecule has 5 nitrogen and oxygen atoms in total. The maximum atomic E-state index is 11.9. The second-order valence-corrected chi connectivity index (χ2v) is 6.70. The highest BCUT2D eigenvalue weighted by Gasteiger charge is 2.16. The average Bonchev–Trinajstić information content (AvgIpc) is 2.23. The molecule has 104 valence electrons. The predicted octanol–water partition coefficient (Wildman–Crippen LogP) is 0.199. The van der Waals surface area contributed by atoms with Gasteiger partial charge < -0.3 is 10.2 Å². The SMILES string of the molecule is CCNCCCS(=O)(=O)N(C)CCCN(C)C. The lowest BCUT2D eigenvalue weighted by atomic mass is 10.4. The Morgan fingerprint density at radius 3 is 2.24 bits per heavy atom. The molecule has 0 aromatic rings. The zero-order valence-electron chi connectivity index (χ0n) is 11.6. The van der Waals surface area contributed by atoms with E-state index in [9.17, 15) is 8.42 Å². The second kappa shape index (κ2) is 8.85. The van der Waals surface area contributed by atoms with Crippen molar-refractivity contribution in [3.63, 3.8) is 0 Å². The van der Waals surface area contributed by atoms with Gasteiger partial charge >= 0.3 is 0 Å². The van der Waals surface area contributed by atoms with Gasteiger partial charge in [-0.05, 0) is 46.6 Å². The van der Waals surface area contributed by atoms with Crippen molar-refractivity contribution in [1.82, 2.24) is 14.5 Å². The van der Waals surface area contributed by atoms with Gasteiger partial charge in [-0.25, -0.2) is 12.7 Å². The van der Waals surface area contributed by atoms with E-state index in [2.05, 4.69) is 10.2 Å². The molecule has 17 heavy (non-hydrogen) atoms. The molecule has 0 amide bonds. The smallest absolute Gasteiger partial charge is 0.213 e. The van der Waals surface area contributed by atoms with Crippen LogP contribution in [0.3, 0.4) is 0 Å². The summed E-state index contributed by atoms with van der Waals surface area (Å²) < 4.78 is 25.2. The topological polar surface area (TPSA) is 52.7 Å². The van der Waals surface area contributed by atoms with Crippen LogP contribution in [0.4, 0.5) is 0 Å². The van der Waals surface area contributed by atoms with Gasteiger partial charge in [0.25, 0.3) is 0 Å². The maximum absolute atomic E-state index is 11.9. The Morgan fingerprint density at radius 2 is 1.71 bits per heavy atom. The molecule has 0 aliphatic rings. The Hall–Kier alpha value is -0.170. The van der Waals surface area contributed by atoms with E-state index in [1.165, 1.54) is 4.31 Å². The predicted molar refractivity (Wildman–Crippen MR) is 72.7 cm³/mol. The minimum absolute atomic E-state index is 0.235. The number of rotatable bonds is 10. The number of hydrogen-bond donors (Lipinski definition) is 1. The molecule has 0 aromatic carbocycles. The third kappa shape index (κ3) is 8.54. The fourth-order valence-corrected chi connectivity index (χ4v) is 2.69. The van der Waals surface area contributed by atoms with Crippen molar-refractivity contribution in [3.8, 4) is 0 Å². The van der Waals surface area contributed by atoms with E-state index < -0.39 is 10.0 Å². The Labute approximate surface area is 106 Å². The number of sulfonamides is 1. The Morgan fingerprint density at radius 1 is 1.06 bits per heavy atom. The molecule has 0 saturated heterocycles. The van der Waals surface area contributed by atoms with Crippen molar-refractivity contribution in [3.05, 3.63) is 0 Å². The standard InChI is InChI=1S/C11H27N3O2S/c1-5-12-8-6-11-17(15,16)14(4)10-7-9-13(2)3/h12H,5-11H2,1-4H3. The molecule has 0 aliphatic heterocycles. The van der Waals surface area contributed by atoms with Crippen LogP contribution < -0.4 is 5.32 Å². The number of hydrogen-bond acceptors (Lipinski definition) is 4. The first kappa shape index (κ1) is 16.8. The van der Waals surface area contributed by atoms with Crippen LogP contribution in [0.1, 0.15) is 19.8 Å². The van der Waals surface area contributed by atoms with Crippen LogP contribution in [0.5, 0.6) is 0 Å². The molecule has 0 radical (unpaired) electrons. The van der Waals surface area contributed by atoms with Gasteiger partial charge in [0, 0.05) is 13.6 Å². The maximum Gasteiger partial charge on any atom is 0.213 e. The van der Waals surface area contributed by atoms with Crippen LogP contribution in [-0.2, 0) is 10.0 Å². The Kier molecular flexibility index (Phi) is 8.77. The summed E-state index contributed by atoms with van der Waals surface area (Å²) in [5.41, 5.74) is 0. The van der Waals surface area contributed by atoms with Crippen molar-refractivity contribution < 1.29 is 8.42 Å². The summed E-state index contributed by atoms with van der Waals surface area (Å²) in [6.45, 7) is 5.18. The van der Waals surface area contributed by atoms with E-state index >= 15 is 0 Å². The van der Waals surface area contributed by atoms with E-state index in [-0.39, 0.29) is 5.75 Å². The highest BCUT2D eigenvalue weighted by atomic mass is 32.2. The lowest BCUT2D eigenvalue weighted by molar-refractivity contribution is 0.370. The van der Waals surface area contributed by atoms with E-state index in [0.717, 1.165) is 26.1 Å². The highest BCUT2D eigenvalue weighted by molar-refractivity contribution is 7.89. The van der Waals surface area contributed by atoms with E-state index in [1.807, 2.05) is 21.0 Å². The molecule has 0 bridgehead atoms. The number of nitrogens with zero attached hydrogens (tertiary/aromatic N) is 2. The molecule has 0 unspecified atom stereocenters. The van der Waals surface area contributed by atoms with Crippen molar-refractivity contribution in [2.75, 3.05) is 53.1 Å². The quantitative estimate of drug-likeness (QED) is 0.573. The van der Waals surface area contributed by atoms with Gasteiger partial charge in [0.05, 0.1) is 5.75 Å². The molecular weight excluding hydrogens is 238 g/mol. The van der Waals surface area contributed by atoms with Gasteiger partial charge in [-0.2, -0.15) is 0 Å². The largest absolute Gasteiger partial charge is 0.317 e. The lowest BCUT2D eigenvalue weighted by Crippen LogP contribution is -2.32. The summed E-state index contributed by atoms with van der Waals surface area (Å²) in [5.74, 6) is 0.235. The minimum atomic E-state index is -3.06. The fourth-order valence-electron chi connectivity index (χ4n) is 1.46. The summed E-state index contributed by atoms with van der Waals surface area (Å²) in [6.07, 6.45) is 1.55. The van der Waals surface area contributed by atoms with Gasteiger partial charge in [0.2, 0.25) is 10.0 Å². The van der Waals surface area contributed by atoms with Crippen LogP contribution >= 0.6 is 0 Å². The molecule has 0 fully saturated rings. The molecule has 0 heterocycles. The Bertz CT molecular complexity index is 278. The van der Waals surface area contributed by atoms with E-state index in [0.29, 0.717) is 13.0 Å². The second-order valence-electron chi connectivity index (χ2n) is 4.50. The molecule has 0 spiro atoms. The molecule has 0 rings (SSSR count). The zero-order valence-corrected chi connectivity index (χ0v) is 12.4. The lowest BCUT2D eigenvalue weighted by Gasteiger charge is -2.18. The molecule has 0 aliphatic carbocycles. The summed E-state index contributed by atoms with van der Waals surface area (Å²) in [7, 11) is 2.58. The fraction of sp³-hybridized carbons (Fsp3) is 1.00. The highest BCUT2D eigenvalue weighted by Crippen LogP contribution is 2.01. The van der Waals surface area contributed by atoms with Crippen molar-refractivity contribution in [2.24, 2.45) is 0 Å². The Balaban J connectivity index is 3.86. The van der Waals surface area contributed by atoms with Crippen LogP contribution in [0, 0.1) is 0 Å². The monoisotopic (exact) mass is 265 g/mol. The first-order chi connectivity index (χ1) is 7.90. The molecular formula is C11H27N3O2S. The van der Waals surface area contributed by atoms with Crippen LogP contribution in [-0.4, -0.2) is 70.7 Å². The van der Waals surface area contributed by atoms with Gasteiger partial charge in [0.15, 0.2) is 0 Å².